The van der Waals surface area contributed by atoms with E-state index in [0.717, 1.165) is 18.5 Å². The first-order chi connectivity index (χ1) is 6.58. The fourth-order valence-corrected chi connectivity index (χ4v) is 1.58. The van der Waals surface area contributed by atoms with Gasteiger partial charge in [-0.05, 0) is 30.9 Å². The van der Waals surface area contributed by atoms with Gasteiger partial charge in [0.15, 0.2) is 0 Å². The van der Waals surface area contributed by atoms with Gasteiger partial charge in [0.1, 0.15) is 0 Å². The third-order valence-electron chi connectivity index (χ3n) is 2.22. The number of pyridine rings is 1. The average molecular weight is 192 g/mol. The second-order valence-electron chi connectivity index (χ2n) is 4.42. The van der Waals surface area contributed by atoms with Crippen LogP contribution in [0, 0.1) is 12.8 Å². The van der Waals surface area contributed by atoms with Gasteiger partial charge in [-0.1, -0.05) is 19.9 Å². The van der Waals surface area contributed by atoms with Crippen LogP contribution < -0.4 is 5.73 Å². The Morgan fingerprint density at radius 3 is 2.57 bits per heavy atom. The van der Waals surface area contributed by atoms with Crippen molar-refractivity contribution in [2.75, 3.05) is 0 Å². The van der Waals surface area contributed by atoms with Crippen LogP contribution in [0.15, 0.2) is 18.3 Å². The number of rotatable bonds is 4. The molecule has 1 aromatic heterocycles. The van der Waals surface area contributed by atoms with Crippen LogP contribution in [0.1, 0.15) is 31.5 Å². The molecule has 2 heteroatoms. The monoisotopic (exact) mass is 192 g/mol. The molecule has 0 aliphatic heterocycles. The topological polar surface area (TPSA) is 38.9 Å². The largest absolute Gasteiger partial charge is 0.327 e. The minimum atomic E-state index is 0.241. The molecular formula is C12H20N2. The van der Waals surface area contributed by atoms with Crippen molar-refractivity contribution in [3.63, 3.8) is 0 Å². The summed E-state index contributed by atoms with van der Waals surface area (Å²) in [4.78, 5) is 4.35. The Labute approximate surface area is 86.5 Å². The van der Waals surface area contributed by atoms with E-state index in [2.05, 4.69) is 31.0 Å². The maximum absolute atomic E-state index is 6.00. The van der Waals surface area contributed by atoms with Crippen LogP contribution in [0.2, 0.25) is 0 Å². The van der Waals surface area contributed by atoms with E-state index in [9.17, 15) is 0 Å². The minimum Gasteiger partial charge on any atom is -0.327 e. The summed E-state index contributed by atoms with van der Waals surface area (Å²) in [7, 11) is 0. The molecule has 0 bridgehead atoms. The highest BCUT2D eigenvalue weighted by Crippen LogP contribution is 2.08. The SMILES string of the molecule is Cc1ccc(CC(N)CC(C)C)nc1. The molecule has 1 aromatic rings. The zero-order valence-electron chi connectivity index (χ0n) is 9.33. The highest BCUT2D eigenvalue weighted by molar-refractivity contribution is 5.12. The highest BCUT2D eigenvalue weighted by Gasteiger charge is 2.06. The summed E-state index contributed by atoms with van der Waals surface area (Å²) in [6, 6.07) is 4.39. The molecule has 78 valence electrons. The predicted octanol–water partition coefficient (Wildman–Crippen LogP) is 2.31. The molecule has 1 rings (SSSR count). The third kappa shape index (κ3) is 3.88. The van der Waals surface area contributed by atoms with Gasteiger partial charge in [-0.2, -0.15) is 0 Å². The Balaban J connectivity index is 2.47. The second kappa shape index (κ2) is 5.11. The summed E-state index contributed by atoms with van der Waals surface area (Å²) in [5.74, 6) is 0.662. The molecule has 0 saturated heterocycles. The third-order valence-corrected chi connectivity index (χ3v) is 2.22. The lowest BCUT2D eigenvalue weighted by atomic mass is 10.0. The first kappa shape index (κ1) is 11.2. The van der Waals surface area contributed by atoms with Crippen molar-refractivity contribution < 1.29 is 0 Å². The number of nitrogens with two attached hydrogens (primary N) is 1. The molecule has 0 aromatic carbocycles. The maximum atomic E-state index is 6.00. The lowest BCUT2D eigenvalue weighted by Gasteiger charge is -2.13. The molecule has 0 radical (unpaired) electrons. The zero-order chi connectivity index (χ0) is 10.6. The van der Waals surface area contributed by atoms with Crippen LogP contribution in [-0.4, -0.2) is 11.0 Å². The van der Waals surface area contributed by atoms with Gasteiger partial charge in [0.05, 0.1) is 0 Å². The highest BCUT2D eigenvalue weighted by atomic mass is 14.7. The van der Waals surface area contributed by atoms with Crippen LogP contribution >= 0.6 is 0 Å². The number of aryl methyl sites for hydroxylation is 1. The number of nitrogens with zero attached hydrogens (tertiary/aromatic N) is 1. The summed E-state index contributed by atoms with van der Waals surface area (Å²) < 4.78 is 0. The minimum absolute atomic E-state index is 0.241. The van der Waals surface area contributed by atoms with Crippen molar-refractivity contribution in [2.45, 2.75) is 39.7 Å². The Hall–Kier alpha value is -0.890. The maximum Gasteiger partial charge on any atom is 0.0419 e. The van der Waals surface area contributed by atoms with E-state index in [1.165, 1.54) is 5.56 Å². The van der Waals surface area contributed by atoms with E-state index in [0.29, 0.717) is 5.92 Å². The molecule has 0 aliphatic carbocycles. The number of hydrogen-bond donors (Lipinski definition) is 1. The van der Waals surface area contributed by atoms with Gasteiger partial charge in [0.2, 0.25) is 0 Å². The van der Waals surface area contributed by atoms with Crippen molar-refractivity contribution in [1.82, 2.24) is 4.98 Å². The van der Waals surface area contributed by atoms with E-state index in [4.69, 9.17) is 5.73 Å². The van der Waals surface area contributed by atoms with Gasteiger partial charge in [0.25, 0.3) is 0 Å². The summed E-state index contributed by atoms with van der Waals surface area (Å²) >= 11 is 0. The molecular weight excluding hydrogens is 172 g/mol. The molecule has 2 N–H and O–H groups in total. The van der Waals surface area contributed by atoms with Crippen LogP contribution in [0.3, 0.4) is 0 Å². The van der Waals surface area contributed by atoms with E-state index < -0.39 is 0 Å². The predicted molar refractivity (Wildman–Crippen MR) is 60.1 cm³/mol. The molecule has 0 spiro atoms. The van der Waals surface area contributed by atoms with E-state index >= 15 is 0 Å². The number of aromatic nitrogens is 1. The lowest BCUT2D eigenvalue weighted by Crippen LogP contribution is -2.25. The molecule has 0 saturated carbocycles. The molecule has 1 atom stereocenters. The van der Waals surface area contributed by atoms with Crippen molar-refractivity contribution in [3.05, 3.63) is 29.6 Å². The quantitative estimate of drug-likeness (QED) is 0.795. The van der Waals surface area contributed by atoms with Gasteiger partial charge in [-0.15, -0.1) is 0 Å². The molecule has 0 amide bonds. The average Bonchev–Trinajstić information content (AvgIpc) is 2.07. The summed E-state index contributed by atoms with van der Waals surface area (Å²) in [6.07, 6.45) is 3.85. The lowest BCUT2D eigenvalue weighted by molar-refractivity contribution is 0.490. The van der Waals surface area contributed by atoms with E-state index in [-0.39, 0.29) is 6.04 Å². The van der Waals surface area contributed by atoms with Crippen LogP contribution in [0.25, 0.3) is 0 Å². The molecule has 14 heavy (non-hydrogen) atoms. The Kier molecular flexibility index (Phi) is 4.08. The van der Waals surface area contributed by atoms with Crippen LogP contribution in [0.5, 0.6) is 0 Å². The summed E-state index contributed by atoms with van der Waals surface area (Å²) in [6.45, 7) is 6.44. The summed E-state index contributed by atoms with van der Waals surface area (Å²) in [5.41, 5.74) is 8.31. The molecule has 0 aliphatic rings. The van der Waals surface area contributed by atoms with Gasteiger partial charge in [-0.3, -0.25) is 4.98 Å². The molecule has 0 fully saturated rings. The summed E-state index contributed by atoms with van der Waals surface area (Å²) in [5, 5.41) is 0. The first-order valence-electron chi connectivity index (χ1n) is 5.25. The van der Waals surface area contributed by atoms with Crippen molar-refractivity contribution >= 4 is 0 Å². The van der Waals surface area contributed by atoms with Crippen LogP contribution in [0.4, 0.5) is 0 Å². The van der Waals surface area contributed by atoms with Crippen LogP contribution in [-0.2, 0) is 6.42 Å². The van der Waals surface area contributed by atoms with Gasteiger partial charge >= 0.3 is 0 Å². The molecule has 1 heterocycles. The standard InChI is InChI=1S/C12H20N2/c1-9(2)6-11(13)7-12-5-4-10(3)8-14-12/h4-5,8-9,11H,6-7,13H2,1-3H3. The normalized spacial score (nSPS) is 13.2. The van der Waals surface area contributed by atoms with Gasteiger partial charge in [0, 0.05) is 24.4 Å². The molecule has 2 nitrogen and oxygen atoms in total. The van der Waals surface area contributed by atoms with Gasteiger partial charge in [-0.25, -0.2) is 0 Å². The Morgan fingerprint density at radius 1 is 1.36 bits per heavy atom. The van der Waals surface area contributed by atoms with E-state index in [1.54, 1.807) is 0 Å². The van der Waals surface area contributed by atoms with Gasteiger partial charge < -0.3 is 5.73 Å². The fourth-order valence-electron chi connectivity index (χ4n) is 1.58. The Morgan fingerprint density at radius 2 is 2.07 bits per heavy atom. The number of hydrogen-bond acceptors (Lipinski definition) is 2. The first-order valence-corrected chi connectivity index (χ1v) is 5.25. The second-order valence-corrected chi connectivity index (χ2v) is 4.42. The molecule has 1 unspecified atom stereocenters. The van der Waals surface area contributed by atoms with Crippen molar-refractivity contribution in [3.8, 4) is 0 Å². The van der Waals surface area contributed by atoms with Crippen molar-refractivity contribution in [2.24, 2.45) is 11.7 Å². The Bertz CT molecular complexity index is 264. The van der Waals surface area contributed by atoms with Crippen molar-refractivity contribution in [1.29, 1.82) is 0 Å². The fraction of sp³-hybridized carbons (Fsp3) is 0.583. The smallest absolute Gasteiger partial charge is 0.0419 e. The van der Waals surface area contributed by atoms with E-state index in [1.807, 2.05) is 13.1 Å². The zero-order valence-corrected chi connectivity index (χ0v) is 9.33.